The zero-order chi connectivity index (χ0) is 13.8. The minimum absolute atomic E-state index is 0.265. The summed E-state index contributed by atoms with van der Waals surface area (Å²) in [5.74, 6) is 1.87. The third-order valence-electron chi connectivity index (χ3n) is 3.74. The van der Waals surface area contributed by atoms with Gasteiger partial charge >= 0.3 is 0 Å². The summed E-state index contributed by atoms with van der Waals surface area (Å²) in [5.41, 5.74) is 1.14. The van der Waals surface area contributed by atoms with Gasteiger partial charge < -0.3 is 19.7 Å². The highest BCUT2D eigenvalue weighted by Gasteiger charge is 2.17. The van der Waals surface area contributed by atoms with Gasteiger partial charge in [0.15, 0.2) is 11.5 Å². The molecule has 20 heavy (non-hydrogen) atoms. The van der Waals surface area contributed by atoms with Crippen molar-refractivity contribution >= 4 is 5.91 Å². The monoisotopic (exact) mass is 276 g/mol. The molecule has 5 heteroatoms. The van der Waals surface area contributed by atoms with E-state index in [0.717, 1.165) is 49.5 Å². The first-order valence-electron chi connectivity index (χ1n) is 7.20. The Kier molecular flexibility index (Phi) is 4.06. The van der Waals surface area contributed by atoms with Crippen LogP contribution in [0.4, 0.5) is 0 Å². The van der Waals surface area contributed by atoms with E-state index < -0.39 is 0 Å². The molecule has 0 radical (unpaired) electrons. The van der Waals surface area contributed by atoms with E-state index in [2.05, 4.69) is 5.32 Å². The molecule has 1 amide bonds. The van der Waals surface area contributed by atoms with E-state index in [9.17, 15) is 4.79 Å². The van der Waals surface area contributed by atoms with Crippen LogP contribution in [0.2, 0.25) is 0 Å². The smallest absolute Gasteiger partial charge is 0.231 e. The van der Waals surface area contributed by atoms with Crippen LogP contribution < -0.4 is 14.8 Å². The number of benzene rings is 1. The van der Waals surface area contributed by atoms with Crippen LogP contribution in [0.15, 0.2) is 18.2 Å². The van der Waals surface area contributed by atoms with Crippen molar-refractivity contribution in [2.75, 3.05) is 26.4 Å². The molecule has 2 heterocycles. The first-order valence-corrected chi connectivity index (χ1v) is 7.20. The summed E-state index contributed by atoms with van der Waals surface area (Å²) in [6.07, 6.45) is 2.87. The zero-order valence-electron chi connectivity index (χ0n) is 11.6. The number of rotatable bonds is 5. The highest BCUT2D eigenvalue weighted by Crippen LogP contribution is 2.32. The highest BCUT2D eigenvalue weighted by atomic mass is 16.7. The molecule has 0 bridgehead atoms. The number of carbonyl (C=O) groups is 1. The van der Waals surface area contributed by atoms with Crippen LogP contribution in [0.3, 0.4) is 0 Å². The van der Waals surface area contributed by atoms with E-state index >= 15 is 0 Å². The van der Waals surface area contributed by atoms with Gasteiger partial charge in [0.1, 0.15) is 0 Å². The summed E-state index contributed by atoms with van der Waals surface area (Å²) in [6, 6.07) is 5.93. The molecule has 108 valence electrons. The Bertz CT molecular complexity index is 484. The number of carbonyl (C=O) groups excluding carboxylic acids is 1. The molecular formula is C15H20N2O3. The van der Waals surface area contributed by atoms with Gasteiger partial charge in [-0.1, -0.05) is 6.07 Å². The molecule has 2 aliphatic heterocycles. The molecule has 0 aromatic heterocycles. The summed E-state index contributed by atoms with van der Waals surface area (Å²) < 4.78 is 10.6. The predicted octanol–water partition coefficient (Wildman–Crippen LogP) is 1.52. The van der Waals surface area contributed by atoms with Gasteiger partial charge in [-0.15, -0.1) is 0 Å². The number of likely N-dealkylation sites (tertiary alicyclic amines) is 1. The van der Waals surface area contributed by atoms with Crippen LogP contribution >= 0.6 is 0 Å². The fourth-order valence-corrected chi connectivity index (χ4v) is 2.60. The fourth-order valence-electron chi connectivity index (χ4n) is 2.60. The Morgan fingerprint density at radius 3 is 2.85 bits per heavy atom. The maximum absolute atomic E-state index is 11.9. The van der Waals surface area contributed by atoms with Crippen LogP contribution in [0.5, 0.6) is 11.5 Å². The lowest BCUT2D eigenvalue weighted by molar-refractivity contribution is -0.130. The number of nitrogens with one attached hydrogen (secondary N) is 1. The van der Waals surface area contributed by atoms with Crippen molar-refractivity contribution in [1.29, 1.82) is 0 Å². The SMILES string of the molecule is O=C(CCNCc1ccc2c(c1)OCO2)N1CCCC1. The largest absolute Gasteiger partial charge is 0.454 e. The average Bonchev–Trinajstić information content (AvgIpc) is 3.13. The summed E-state index contributed by atoms with van der Waals surface area (Å²) in [4.78, 5) is 13.8. The van der Waals surface area contributed by atoms with Gasteiger partial charge in [-0.3, -0.25) is 4.79 Å². The third-order valence-corrected chi connectivity index (χ3v) is 3.74. The lowest BCUT2D eigenvalue weighted by atomic mass is 10.2. The summed E-state index contributed by atoms with van der Waals surface area (Å²) in [6.45, 7) is 3.62. The van der Waals surface area contributed by atoms with Gasteiger partial charge in [0.2, 0.25) is 12.7 Å². The number of nitrogens with zero attached hydrogens (tertiary/aromatic N) is 1. The van der Waals surface area contributed by atoms with E-state index in [1.54, 1.807) is 0 Å². The van der Waals surface area contributed by atoms with Crippen molar-refractivity contribution in [2.45, 2.75) is 25.8 Å². The molecule has 0 spiro atoms. The second-order valence-corrected chi connectivity index (χ2v) is 5.20. The minimum atomic E-state index is 0.265. The van der Waals surface area contributed by atoms with Crippen LogP contribution in [0.1, 0.15) is 24.8 Å². The first kappa shape index (κ1) is 13.2. The van der Waals surface area contributed by atoms with Crippen molar-refractivity contribution in [2.24, 2.45) is 0 Å². The van der Waals surface area contributed by atoms with Gasteiger partial charge in [-0.25, -0.2) is 0 Å². The van der Waals surface area contributed by atoms with Gasteiger partial charge in [0.25, 0.3) is 0 Å². The molecular weight excluding hydrogens is 256 g/mol. The topological polar surface area (TPSA) is 50.8 Å². The van der Waals surface area contributed by atoms with Crippen LogP contribution in [-0.2, 0) is 11.3 Å². The molecule has 0 unspecified atom stereocenters. The third kappa shape index (κ3) is 3.04. The Morgan fingerprint density at radius 1 is 1.20 bits per heavy atom. The second kappa shape index (κ2) is 6.13. The Hall–Kier alpha value is -1.75. The highest BCUT2D eigenvalue weighted by molar-refractivity contribution is 5.76. The number of ether oxygens (including phenoxy) is 2. The van der Waals surface area contributed by atoms with Crippen LogP contribution in [0.25, 0.3) is 0 Å². The van der Waals surface area contributed by atoms with Crippen molar-refractivity contribution in [1.82, 2.24) is 10.2 Å². The summed E-state index contributed by atoms with van der Waals surface area (Å²) >= 11 is 0. The molecule has 2 aliphatic rings. The minimum Gasteiger partial charge on any atom is -0.454 e. The number of hydrogen-bond donors (Lipinski definition) is 1. The average molecular weight is 276 g/mol. The van der Waals surface area contributed by atoms with Gasteiger partial charge in [0.05, 0.1) is 0 Å². The Balaban J connectivity index is 1.40. The van der Waals surface area contributed by atoms with E-state index in [-0.39, 0.29) is 5.91 Å². The van der Waals surface area contributed by atoms with E-state index in [4.69, 9.17) is 9.47 Å². The number of hydrogen-bond acceptors (Lipinski definition) is 4. The maximum Gasteiger partial charge on any atom is 0.231 e. The Labute approximate surface area is 118 Å². The molecule has 0 saturated carbocycles. The maximum atomic E-state index is 11.9. The second-order valence-electron chi connectivity index (χ2n) is 5.20. The van der Waals surface area contributed by atoms with E-state index in [1.807, 2.05) is 23.1 Å². The number of amides is 1. The van der Waals surface area contributed by atoms with Gasteiger partial charge in [-0.05, 0) is 30.5 Å². The predicted molar refractivity (Wildman–Crippen MR) is 74.7 cm³/mol. The fraction of sp³-hybridized carbons (Fsp3) is 0.533. The summed E-state index contributed by atoms with van der Waals surface area (Å²) in [7, 11) is 0. The number of fused-ring (bicyclic) bond motifs is 1. The van der Waals surface area contributed by atoms with Crippen molar-refractivity contribution < 1.29 is 14.3 Å². The molecule has 1 aromatic rings. The molecule has 1 aromatic carbocycles. The van der Waals surface area contributed by atoms with Crippen molar-refractivity contribution in [3.8, 4) is 11.5 Å². The van der Waals surface area contributed by atoms with Gasteiger partial charge in [0, 0.05) is 32.6 Å². The normalized spacial score (nSPS) is 16.7. The molecule has 1 N–H and O–H groups in total. The van der Waals surface area contributed by atoms with Gasteiger partial charge in [-0.2, -0.15) is 0 Å². The van der Waals surface area contributed by atoms with Crippen LogP contribution in [0, 0.1) is 0 Å². The molecule has 1 fully saturated rings. The lowest BCUT2D eigenvalue weighted by Crippen LogP contribution is -2.30. The molecule has 0 atom stereocenters. The lowest BCUT2D eigenvalue weighted by Gasteiger charge is -2.15. The molecule has 0 aliphatic carbocycles. The Morgan fingerprint density at radius 2 is 2.00 bits per heavy atom. The molecule has 3 rings (SSSR count). The first-order chi connectivity index (χ1) is 9.83. The van der Waals surface area contributed by atoms with E-state index in [0.29, 0.717) is 19.8 Å². The van der Waals surface area contributed by atoms with Crippen LogP contribution in [-0.4, -0.2) is 37.2 Å². The molecule has 5 nitrogen and oxygen atoms in total. The zero-order valence-corrected chi connectivity index (χ0v) is 11.6. The standard InChI is InChI=1S/C15H20N2O3/c18-15(17-7-1-2-8-17)5-6-16-10-12-3-4-13-14(9-12)20-11-19-13/h3-4,9,16H,1-2,5-8,10-11H2. The van der Waals surface area contributed by atoms with Crippen molar-refractivity contribution in [3.63, 3.8) is 0 Å². The summed E-state index contributed by atoms with van der Waals surface area (Å²) in [5, 5.41) is 3.30. The van der Waals surface area contributed by atoms with E-state index in [1.165, 1.54) is 0 Å². The quantitative estimate of drug-likeness (QED) is 0.828. The molecule has 1 saturated heterocycles. The van der Waals surface area contributed by atoms with Crippen molar-refractivity contribution in [3.05, 3.63) is 23.8 Å².